The zero-order chi connectivity index (χ0) is 16.1. The van der Waals surface area contributed by atoms with Gasteiger partial charge >= 0.3 is 11.8 Å². The van der Waals surface area contributed by atoms with Gasteiger partial charge in [-0.15, -0.1) is 0 Å². The van der Waals surface area contributed by atoms with E-state index in [1.165, 1.54) is 13.8 Å². The quantitative estimate of drug-likeness (QED) is 0.707. The van der Waals surface area contributed by atoms with Crippen molar-refractivity contribution in [2.24, 2.45) is 0 Å². The van der Waals surface area contributed by atoms with Gasteiger partial charge in [-0.3, -0.25) is 9.59 Å². The summed E-state index contributed by atoms with van der Waals surface area (Å²) in [4.78, 5) is 22.4. The summed E-state index contributed by atoms with van der Waals surface area (Å²) in [6.45, 7) is 5.98. The topological polar surface area (TPSA) is 58.2 Å². The van der Waals surface area contributed by atoms with Crippen molar-refractivity contribution in [3.8, 4) is 0 Å². The molecular weight excluding hydrogens is 280 g/mol. The van der Waals surface area contributed by atoms with Gasteiger partial charge in [0.25, 0.3) is 11.8 Å². The van der Waals surface area contributed by atoms with Crippen LogP contribution in [0.5, 0.6) is 0 Å². The Morgan fingerprint density at radius 2 is 1.10 bits per heavy atom. The number of carbonyl (C=O) groups is 2. The van der Waals surface area contributed by atoms with Gasteiger partial charge in [0.1, 0.15) is 0 Å². The van der Waals surface area contributed by atoms with Crippen LogP contribution in [0.15, 0.2) is 0 Å². The van der Waals surface area contributed by atoms with E-state index < -0.39 is 35.7 Å². The van der Waals surface area contributed by atoms with Gasteiger partial charge in [0, 0.05) is 12.1 Å². The number of hydrogen-bond donors (Lipinski definition) is 2. The minimum absolute atomic E-state index is 0.298. The van der Waals surface area contributed by atoms with Crippen LogP contribution in [0, 0.1) is 0 Å². The maximum atomic E-state index is 13.5. The van der Waals surface area contributed by atoms with Gasteiger partial charge in [-0.1, -0.05) is 13.8 Å². The van der Waals surface area contributed by atoms with E-state index in [9.17, 15) is 27.2 Å². The van der Waals surface area contributed by atoms with Crippen LogP contribution in [0.2, 0.25) is 0 Å². The van der Waals surface area contributed by atoms with Gasteiger partial charge in [0.05, 0.1) is 0 Å². The van der Waals surface area contributed by atoms with E-state index in [4.69, 9.17) is 0 Å². The number of nitrogens with one attached hydrogen (secondary N) is 2. The molecule has 0 bridgehead atoms. The summed E-state index contributed by atoms with van der Waals surface area (Å²) < 4.78 is 53.9. The first-order valence-electron chi connectivity index (χ1n) is 6.38. The second kappa shape index (κ2) is 6.90. The fraction of sp³-hybridized carbons (Fsp3) is 0.833. The normalized spacial score (nSPS) is 15.4. The van der Waals surface area contributed by atoms with Gasteiger partial charge in [0.2, 0.25) is 0 Å². The zero-order valence-electron chi connectivity index (χ0n) is 11.9. The van der Waals surface area contributed by atoms with Crippen LogP contribution >= 0.6 is 0 Å². The van der Waals surface area contributed by atoms with Crippen LogP contribution in [0.25, 0.3) is 0 Å². The van der Waals surface area contributed by atoms with Crippen LogP contribution in [0.3, 0.4) is 0 Å². The molecule has 0 spiro atoms. The Morgan fingerprint density at radius 3 is 1.30 bits per heavy atom. The number of hydrogen-bond acceptors (Lipinski definition) is 2. The van der Waals surface area contributed by atoms with Crippen LogP contribution in [-0.2, 0) is 9.59 Å². The molecule has 0 aromatic rings. The largest absolute Gasteiger partial charge is 0.395 e. The third kappa shape index (κ3) is 4.08. The average molecular weight is 300 g/mol. The smallest absolute Gasteiger partial charge is 0.348 e. The first-order chi connectivity index (χ1) is 9.00. The van der Waals surface area contributed by atoms with E-state index in [-0.39, 0.29) is 0 Å². The molecule has 0 heterocycles. The molecule has 0 aliphatic carbocycles. The molecule has 0 rings (SSSR count). The molecule has 0 aromatic heterocycles. The monoisotopic (exact) mass is 300 g/mol. The van der Waals surface area contributed by atoms with E-state index in [0.717, 1.165) is 0 Å². The van der Waals surface area contributed by atoms with E-state index in [0.29, 0.717) is 12.8 Å². The minimum atomic E-state index is -5.10. The molecular formula is C12H20F4N2O2. The predicted molar refractivity (Wildman–Crippen MR) is 65.7 cm³/mol. The molecule has 0 saturated carbocycles. The number of amides is 2. The van der Waals surface area contributed by atoms with Crippen molar-refractivity contribution < 1.29 is 27.2 Å². The Hall–Kier alpha value is -1.34. The second-order valence-corrected chi connectivity index (χ2v) is 4.71. The van der Waals surface area contributed by atoms with E-state index in [2.05, 4.69) is 0 Å². The lowest BCUT2D eigenvalue weighted by atomic mass is 10.1. The summed E-state index contributed by atoms with van der Waals surface area (Å²) in [6.07, 6.45) is 0.596. The number of carbonyl (C=O) groups excluding carboxylic acids is 2. The van der Waals surface area contributed by atoms with Crippen LogP contribution in [0.4, 0.5) is 17.6 Å². The molecule has 0 radical (unpaired) electrons. The third-order valence-electron chi connectivity index (χ3n) is 2.94. The lowest BCUT2D eigenvalue weighted by Gasteiger charge is -2.26. The van der Waals surface area contributed by atoms with Crippen molar-refractivity contribution in [1.82, 2.24) is 10.6 Å². The maximum absolute atomic E-state index is 13.5. The molecule has 0 fully saturated rings. The molecule has 2 atom stereocenters. The van der Waals surface area contributed by atoms with Crippen LogP contribution < -0.4 is 10.6 Å². The Labute approximate surface area is 115 Å². The summed E-state index contributed by atoms with van der Waals surface area (Å²) in [5.74, 6) is -14.5. The first-order valence-corrected chi connectivity index (χ1v) is 6.38. The SMILES string of the molecule is CCC(C)NC(=O)C(F)(F)C(F)(F)C(=O)NC(C)CC. The standard InChI is InChI=1S/C12H20F4N2O2/c1-5-7(3)17-9(19)11(13,14)12(15,16)10(20)18-8(4)6-2/h7-8H,5-6H2,1-4H3,(H,17,19)(H,18,20). The van der Waals surface area contributed by atoms with Gasteiger partial charge in [-0.05, 0) is 26.7 Å². The van der Waals surface area contributed by atoms with Crippen molar-refractivity contribution in [2.45, 2.75) is 64.5 Å². The molecule has 8 heteroatoms. The number of alkyl halides is 4. The first kappa shape index (κ1) is 18.7. The van der Waals surface area contributed by atoms with E-state index in [1.807, 2.05) is 0 Å². The maximum Gasteiger partial charge on any atom is 0.395 e. The van der Waals surface area contributed by atoms with Crippen molar-refractivity contribution in [1.29, 1.82) is 0 Å². The summed E-state index contributed by atoms with van der Waals surface area (Å²) in [5.41, 5.74) is 0. The highest BCUT2D eigenvalue weighted by atomic mass is 19.3. The number of halogens is 4. The fourth-order valence-corrected chi connectivity index (χ4v) is 1.12. The highest BCUT2D eigenvalue weighted by Gasteiger charge is 2.67. The fourth-order valence-electron chi connectivity index (χ4n) is 1.12. The number of rotatable bonds is 7. The summed E-state index contributed by atoms with van der Waals surface area (Å²) >= 11 is 0. The Morgan fingerprint density at radius 1 is 0.850 bits per heavy atom. The second-order valence-electron chi connectivity index (χ2n) is 4.71. The van der Waals surface area contributed by atoms with E-state index >= 15 is 0 Å². The molecule has 118 valence electrons. The summed E-state index contributed by atoms with van der Waals surface area (Å²) in [7, 11) is 0. The highest BCUT2D eigenvalue weighted by molar-refractivity contribution is 5.95. The van der Waals surface area contributed by atoms with Gasteiger partial charge in [-0.2, -0.15) is 17.6 Å². The van der Waals surface area contributed by atoms with Crippen LogP contribution in [0.1, 0.15) is 40.5 Å². The van der Waals surface area contributed by atoms with Gasteiger partial charge in [0.15, 0.2) is 0 Å². The average Bonchev–Trinajstić information content (AvgIpc) is 2.37. The van der Waals surface area contributed by atoms with Gasteiger partial charge < -0.3 is 10.6 Å². The minimum Gasteiger partial charge on any atom is -0.348 e. The molecule has 0 saturated heterocycles. The summed E-state index contributed by atoms with van der Waals surface area (Å²) in [5, 5.41) is 3.50. The predicted octanol–water partition coefficient (Wildman–Crippen LogP) is 2.09. The van der Waals surface area contributed by atoms with Crippen molar-refractivity contribution >= 4 is 11.8 Å². The molecule has 0 aliphatic rings. The molecule has 20 heavy (non-hydrogen) atoms. The Bertz CT molecular complexity index is 327. The summed E-state index contributed by atoms with van der Waals surface area (Å²) in [6, 6.07) is -1.39. The van der Waals surface area contributed by atoms with E-state index in [1.54, 1.807) is 24.5 Å². The molecule has 2 N–H and O–H groups in total. The lowest BCUT2D eigenvalue weighted by molar-refractivity contribution is -0.211. The Balaban J connectivity index is 5.04. The third-order valence-corrected chi connectivity index (χ3v) is 2.94. The molecule has 4 nitrogen and oxygen atoms in total. The molecule has 2 amide bonds. The molecule has 2 unspecified atom stereocenters. The molecule has 0 aliphatic heterocycles. The van der Waals surface area contributed by atoms with Crippen LogP contribution in [-0.4, -0.2) is 35.7 Å². The molecule has 0 aromatic carbocycles. The van der Waals surface area contributed by atoms with Crippen molar-refractivity contribution in [3.05, 3.63) is 0 Å². The lowest BCUT2D eigenvalue weighted by Crippen LogP contribution is -2.61. The van der Waals surface area contributed by atoms with Crippen molar-refractivity contribution in [3.63, 3.8) is 0 Å². The van der Waals surface area contributed by atoms with Gasteiger partial charge in [-0.25, -0.2) is 0 Å². The highest BCUT2D eigenvalue weighted by Crippen LogP contribution is 2.35. The zero-order valence-corrected chi connectivity index (χ0v) is 11.9. The van der Waals surface area contributed by atoms with Crippen molar-refractivity contribution in [2.75, 3.05) is 0 Å². The Kier molecular flexibility index (Phi) is 6.43.